The number of nitrogens with one attached hydrogen (secondary N) is 2. The Morgan fingerprint density at radius 3 is 2.48 bits per heavy atom. The molecule has 1 unspecified atom stereocenters. The maximum Gasteiger partial charge on any atom is 0.191 e. The number of phenols is 1. The summed E-state index contributed by atoms with van der Waals surface area (Å²) in [4.78, 5) is 4.14. The van der Waals surface area contributed by atoms with Crippen molar-refractivity contribution in [1.29, 1.82) is 0 Å². The van der Waals surface area contributed by atoms with E-state index in [1.165, 1.54) is 6.07 Å². The van der Waals surface area contributed by atoms with Crippen LogP contribution in [0.15, 0.2) is 47.5 Å². The molecule has 0 heterocycles. The van der Waals surface area contributed by atoms with Crippen LogP contribution in [-0.4, -0.2) is 24.7 Å². The van der Waals surface area contributed by atoms with Crippen LogP contribution in [0.4, 0.5) is 8.78 Å². The highest BCUT2D eigenvalue weighted by Gasteiger charge is 2.10. The minimum absolute atomic E-state index is 0.210. The zero-order valence-electron chi connectivity index (χ0n) is 14.4. The lowest BCUT2D eigenvalue weighted by Gasteiger charge is -2.18. The predicted octanol–water partition coefficient (Wildman–Crippen LogP) is 3.53. The van der Waals surface area contributed by atoms with E-state index < -0.39 is 11.6 Å². The maximum atomic E-state index is 13.3. The highest BCUT2D eigenvalue weighted by molar-refractivity contribution is 5.80. The Kier molecular flexibility index (Phi) is 6.74. The van der Waals surface area contributed by atoms with Gasteiger partial charge in [0.1, 0.15) is 5.75 Å². The number of halogens is 2. The Labute approximate surface area is 146 Å². The summed E-state index contributed by atoms with van der Waals surface area (Å²) >= 11 is 0. The molecule has 0 spiro atoms. The van der Waals surface area contributed by atoms with Crippen LogP contribution in [0.5, 0.6) is 5.75 Å². The van der Waals surface area contributed by atoms with Crippen LogP contribution in [0.3, 0.4) is 0 Å². The summed E-state index contributed by atoms with van der Waals surface area (Å²) in [7, 11) is 1.66. The predicted molar refractivity (Wildman–Crippen MR) is 95.7 cm³/mol. The molecule has 134 valence electrons. The maximum absolute atomic E-state index is 13.3. The number of hydrogen-bond acceptors (Lipinski definition) is 2. The smallest absolute Gasteiger partial charge is 0.191 e. The minimum Gasteiger partial charge on any atom is -0.508 e. The lowest BCUT2D eigenvalue weighted by molar-refractivity contribution is 0.475. The average Bonchev–Trinajstić information content (AvgIpc) is 2.61. The second-order valence-corrected chi connectivity index (χ2v) is 5.81. The molecule has 25 heavy (non-hydrogen) atoms. The lowest BCUT2D eigenvalue weighted by atomic mass is 10.1. The van der Waals surface area contributed by atoms with Crippen molar-refractivity contribution in [2.75, 3.05) is 13.6 Å². The molecule has 0 aliphatic heterocycles. The van der Waals surface area contributed by atoms with Crippen molar-refractivity contribution in [1.82, 2.24) is 10.6 Å². The molecule has 0 fully saturated rings. The van der Waals surface area contributed by atoms with E-state index in [4.69, 9.17) is 0 Å². The molecule has 2 aromatic carbocycles. The summed E-state index contributed by atoms with van der Waals surface area (Å²) < 4.78 is 26.3. The molecule has 1 atom stereocenters. The van der Waals surface area contributed by atoms with Crippen molar-refractivity contribution in [3.63, 3.8) is 0 Å². The van der Waals surface area contributed by atoms with Gasteiger partial charge in [0.15, 0.2) is 17.6 Å². The molecule has 0 aromatic heterocycles. The number of aryl methyl sites for hydroxylation is 1. The molecule has 6 heteroatoms. The van der Waals surface area contributed by atoms with Gasteiger partial charge < -0.3 is 15.7 Å². The Morgan fingerprint density at radius 2 is 1.84 bits per heavy atom. The van der Waals surface area contributed by atoms with Gasteiger partial charge in [-0.15, -0.1) is 0 Å². The standard InChI is InChI=1S/C19H23F2N3O/c1-13(15-7-10-17(20)18(21)12-15)24-19(22-2)23-11-3-4-14-5-8-16(25)9-6-14/h5-10,12-13,25H,3-4,11H2,1-2H3,(H2,22,23,24). The number of nitrogens with zero attached hydrogens (tertiary/aromatic N) is 1. The van der Waals surface area contributed by atoms with Gasteiger partial charge in [-0.2, -0.15) is 0 Å². The zero-order chi connectivity index (χ0) is 18.2. The van der Waals surface area contributed by atoms with Gasteiger partial charge in [-0.25, -0.2) is 8.78 Å². The topological polar surface area (TPSA) is 56.7 Å². The van der Waals surface area contributed by atoms with Gasteiger partial charge in [-0.3, -0.25) is 4.99 Å². The number of rotatable bonds is 6. The number of hydrogen-bond donors (Lipinski definition) is 3. The van der Waals surface area contributed by atoms with E-state index in [9.17, 15) is 13.9 Å². The van der Waals surface area contributed by atoms with Crippen LogP contribution in [0, 0.1) is 11.6 Å². The van der Waals surface area contributed by atoms with Crippen LogP contribution >= 0.6 is 0 Å². The van der Waals surface area contributed by atoms with E-state index in [0.29, 0.717) is 18.1 Å². The van der Waals surface area contributed by atoms with Crippen molar-refractivity contribution >= 4 is 5.96 Å². The third-order valence-electron chi connectivity index (χ3n) is 3.89. The fraction of sp³-hybridized carbons (Fsp3) is 0.316. The molecule has 0 radical (unpaired) electrons. The van der Waals surface area contributed by atoms with E-state index in [1.807, 2.05) is 19.1 Å². The van der Waals surface area contributed by atoms with Crippen molar-refractivity contribution in [3.05, 3.63) is 65.2 Å². The van der Waals surface area contributed by atoms with Crippen LogP contribution < -0.4 is 10.6 Å². The van der Waals surface area contributed by atoms with Crippen LogP contribution in [0.1, 0.15) is 30.5 Å². The van der Waals surface area contributed by atoms with Gasteiger partial charge >= 0.3 is 0 Å². The van der Waals surface area contributed by atoms with E-state index in [2.05, 4.69) is 15.6 Å². The van der Waals surface area contributed by atoms with Crippen LogP contribution in [0.25, 0.3) is 0 Å². The summed E-state index contributed by atoms with van der Waals surface area (Å²) in [5.41, 5.74) is 1.80. The fourth-order valence-electron chi connectivity index (χ4n) is 2.43. The minimum atomic E-state index is -0.858. The quantitative estimate of drug-likeness (QED) is 0.426. The number of guanidine groups is 1. The second-order valence-electron chi connectivity index (χ2n) is 5.81. The SMILES string of the molecule is CN=C(NCCCc1ccc(O)cc1)NC(C)c1ccc(F)c(F)c1. The Bertz CT molecular complexity index is 717. The molecule has 0 bridgehead atoms. The molecule has 4 nitrogen and oxygen atoms in total. The number of benzene rings is 2. The number of aliphatic imine (C=N–C) groups is 1. The highest BCUT2D eigenvalue weighted by atomic mass is 19.2. The van der Waals surface area contributed by atoms with Crippen molar-refractivity contribution in [2.24, 2.45) is 4.99 Å². The zero-order valence-corrected chi connectivity index (χ0v) is 14.4. The Balaban J connectivity index is 1.79. The first kappa shape index (κ1) is 18.7. The van der Waals surface area contributed by atoms with Crippen LogP contribution in [-0.2, 0) is 6.42 Å². The number of phenolic OH excluding ortho intramolecular Hbond substituents is 1. The lowest BCUT2D eigenvalue weighted by Crippen LogP contribution is -2.39. The summed E-state index contributed by atoms with van der Waals surface area (Å²) in [6, 6.07) is 10.8. The summed E-state index contributed by atoms with van der Waals surface area (Å²) in [5, 5.41) is 15.6. The van der Waals surface area contributed by atoms with Gasteiger partial charge in [0.2, 0.25) is 0 Å². The first-order valence-electron chi connectivity index (χ1n) is 8.19. The largest absolute Gasteiger partial charge is 0.508 e. The third-order valence-corrected chi connectivity index (χ3v) is 3.89. The van der Waals surface area contributed by atoms with Crippen molar-refractivity contribution in [3.8, 4) is 5.75 Å². The molecule has 0 aliphatic rings. The molecule has 3 N–H and O–H groups in total. The fourth-order valence-corrected chi connectivity index (χ4v) is 2.43. The normalized spacial score (nSPS) is 12.7. The van der Waals surface area contributed by atoms with Gasteiger partial charge in [-0.1, -0.05) is 18.2 Å². The van der Waals surface area contributed by atoms with E-state index >= 15 is 0 Å². The second kappa shape index (κ2) is 9.01. The molecule has 0 saturated heterocycles. The van der Waals surface area contributed by atoms with Crippen molar-refractivity contribution < 1.29 is 13.9 Å². The van der Waals surface area contributed by atoms with Crippen molar-refractivity contribution in [2.45, 2.75) is 25.8 Å². The molecule has 2 aromatic rings. The van der Waals surface area contributed by atoms with E-state index in [1.54, 1.807) is 25.2 Å². The summed E-state index contributed by atoms with van der Waals surface area (Å²) in [5.74, 6) is -0.851. The molecule has 0 saturated carbocycles. The molecule has 0 aliphatic carbocycles. The molecule has 2 rings (SSSR count). The molecule has 0 amide bonds. The molecular weight excluding hydrogens is 324 g/mol. The van der Waals surface area contributed by atoms with Gasteiger partial charge in [0.25, 0.3) is 0 Å². The van der Waals surface area contributed by atoms with Gasteiger partial charge in [0.05, 0.1) is 6.04 Å². The molecular formula is C19H23F2N3O. The summed E-state index contributed by atoms with van der Waals surface area (Å²) in [6.45, 7) is 2.57. The van der Waals surface area contributed by atoms with Gasteiger partial charge in [-0.05, 0) is 55.2 Å². The van der Waals surface area contributed by atoms with E-state index in [0.717, 1.165) is 24.5 Å². The highest BCUT2D eigenvalue weighted by Crippen LogP contribution is 2.16. The first-order valence-corrected chi connectivity index (χ1v) is 8.19. The Morgan fingerprint density at radius 1 is 1.12 bits per heavy atom. The Hall–Kier alpha value is -2.63. The number of aromatic hydroxyl groups is 1. The monoisotopic (exact) mass is 347 g/mol. The summed E-state index contributed by atoms with van der Waals surface area (Å²) in [6.07, 6.45) is 1.77. The van der Waals surface area contributed by atoms with E-state index in [-0.39, 0.29) is 11.8 Å². The van der Waals surface area contributed by atoms with Gasteiger partial charge in [0, 0.05) is 13.6 Å². The average molecular weight is 347 g/mol. The van der Waals surface area contributed by atoms with Crippen LogP contribution in [0.2, 0.25) is 0 Å². The third kappa shape index (κ3) is 5.74. The first-order chi connectivity index (χ1) is 12.0.